The molecule has 36 heavy (non-hydrogen) atoms. The second-order valence-electron chi connectivity index (χ2n) is 8.37. The molecule has 1 saturated heterocycles. The number of fused-ring (bicyclic) bond motifs is 1. The molecule has 0 unspecified atom stereocenters. The quantitative estimate of drug-likeness (QED) is 0.268. The van der Waals surface area contributed by atoms with Crippen molar-refractivity contribution < 1.29 is 28.6 Å². The zero-order valence-corrected chi connectivity index (χ0v) is 21.2. The topological polar surface area (TPSA) is 82.1 Å². The maximum atomic E-state index is 12.7. The molecule has 7 nitrogen and oxygen atoms in total. The molecule has 0 bridgehead atoms. The van der Waals surface area contributed by atoms with Crippen LogP contribution in [0.4, 0.5) is 4.79 Å². The van der Waals surface area contributed by atoms with E-state index in [-0.39, 0.29) is 11.0 Å². The lowest BCUT2D eigenvalue weighted by atomic mass is 10.1. The first kappa shape index (κ1) is 25.3. The second-order valence-corrected chi connectivity index (χ2v) is 9.37. The number of rotatable bonds is 9. The molecule has 0 atom stereocenters. The molecule has 1 heterocycles. The van der Waals surface area contributed by atoms with Gasteiger partial charge in [0.2, 0.25) is 0 Å². The molecule has 1 aliphatic heterocycles. The van der Waals surface area contributed by atoms with Gasteiger partial charge in [0.05, 0.1) is 17.6 Å². The van der Waals surface area contributed by atoms with Crippen molar-refractivity contribution in [2.45, 2.75) is 33.5 Å². The van der Waals surface area contributed by atoms with Crippen molar-refractivity contribution in [2.24, 2.45) is 0 Å². The van der Waals surface area contributed by atoms with Crippen LogP contribution < -0.4 is 9.47 Å². The number of amides is 2. The first-order chi connectivity index (χ1) is 17.4. The summed E-state index contributed by atoms with van der Waals surface area (Å²) in [7, 11) is 0. The summed E-state index contributed by atoms with van der Waals surface area (Å²) in [5.74, 6) is -0.0440. The number of thioether (sulfide) groups is 1. The van der Waals surface area contributed by atoms with E-state index in [0.29, 0.717) is 30.3 Å². The van der Waals surface area contributed by atoms with Gasteiger partial charge in [-0.2, -0.15) is 0 Å². The summed E-state index contributed by atoms with van der Waals surface area (Å²) >= 11 is 0.788. The fourth-order valence-electron chi connectivity index (χ4n) is 3.79. The van der Waals surface area contributed by atoms with Crippen LogP contribution >= 0.6 is 11.8 Å². The van der Waals surface area contributed by atoms with Crippen molar-refractivity contribution in [3.63, 3.8) is 0 Å². The Labute approximate surface area is 214 Å². The first-order valence-electron chi connectivity index (χ1n) is 11.7. The van der Waals surface area contributed by atoms with Crippen molar-refractivity contribution in [1.82, 2.24) is 4.90 Å². The van der Waals surface area contributed by atoms with Crippen molar-refractivity contribution in [3.8, 4) is 11.5 Å². The smallest absolute Gasteiger partial charge is 0.326 e. The van der Waals surface area contributed by atoms with Crippen LogP contribution in [0.3, 0.4) is 0 Å². The molecular formula is C28H27NO6S. The minimum atomic E-state index is -0.625. The van der Waals surface area contributed by atoms with Crippen molar-refractivity contribution in [3.05, 3.63) is 76.7 Å². The molecule has 186 valence electrons. The zero-order chi connectivity index (χ0) is 25.7. The highest BCUT2D eigenvalue weighted by atomic mass is 32.2. The van der Waals surface area contributed by atoms with Gasteiger partial charge in [-0.15, -0.1) is 0 Å². The fraction of sp³-hybridized carbons (Fsp3) is 0.250. The Hall–Kier alpha value is -3.78. The van der Waals surface area contributed by atoms with Gasteiger partial charge in [-0.05, 0) is 72.6 Å². The second kappa shape index (κ2) is 11.3. The Morgan fingerprint density at radius 1 is 1.00 bits per heavy atom. The van der Waals surface area contributed by atoms with Gasteiger partial charge in [-0.25, -0.2) is 0 Å². The molecule has 8 heteroatoms. The van der Waals surface area contributed by atoms with Crippen LogP contribution in [0.15, 0.2) is 65.6 Å². The molecule has 3 aromatic carbocycles. The van der Waals surface area contributed by atoms with E-state index in [2.05, 4.69) is 18.2 Å². The van der Waals surface area contributed by atoms with Gasteiger partial charge in [0.25, 0.3) is 11.1 Å². The molecule has 3 aromatic rings. The molecule has 0 spiro atoms. The number of hydrogen-bond donors (Lipinski definition) is 0. The van der Waals surface area contributed by atoms with E-state index in [1.807, 2.05) is 31.2 Å². The lowest BCUT2D eigenvalue weighted by Crippen LogP contribution is -2.35. The Balaban J connectivity index is 1.51. The van der Waals surface area contributed by atoms with Crippen LogP contribution in [-0.2, 0) is 20.9 Å². The summed E-state index contributed by atoms with van der Waals surface area (Å²) in [6.45, 7) is 5.68. The molecule has 0 aromatic heterocycles. The Morgan fingerprint density at radius 2 is 1.78 bits per heavy atom. The maximum absolute atomic E-state index is 12.7. The number of carbonyl (C=O) groups is 3. The van der Waals surface area contributed by atoms with Crippen LogP contribution in [0.25, 0.3) is 16.8 Å². The average molecular weight is 506 g/mol. The minimum Gasteiger partial charge on any atom is -0.490 e. The van der Waals surface area contributed by atoms with E-state index in [4.69, 9.17) is 14.2 Å². The van der Waals surface area contributed by atoms with Gasteiger partial charge in [0.1, 0.15) is 13.2 Å². The first-order valence-corrected chi connectivity index (χ1v) is 12.5. The molecule has 0 aliphatic carbocycles. The summed E-state index contributed by atoms with van der Waals surface area (Å²) in [5.41, 5.74) is 1.73. The molecule has 1 aliphatic rings. The van der Waals surface area contributed by atoms with Gasteiger partial charge in [-0.3, -0.25) is 19.3 Å². The molecule has 0 N–H and O–H groups in total. The predicted octanol–water partition coefficient (Wildman–Crippen LogP) is 5.81. The van der Waals surface area contributed by atoms with Crippen molar-refractivity contribution in [2.75, 3.05) is 13.2 Å². The van der Waals surface area contributed by atoms with Gasteiger partial charge in [-0.1, -0.05) is 48.5 Å². The number of ether oxygens (including phenoxy) is 3. The van der Waals surface area contributed by atoms with E-state index in [1.54, 1.807) is 38.1 Å². The molecular weight excluding hydrogens is 478 g/mol. The predicted molar refractivity (Wildman–Crippen MR) is 140 cm³/mol. The number of hydrogen-bond acceptors (Lipinski definition) is 7. The number of carbonyl (C=O) groups excluding carboxylic acids is 3. The third-order valence-electron chi connectivity index (χ3n) is 5.36. The van der Waals surface area contributed by atoms with Crippen LogP contribution in [0, 0.1) is 0 Å². The van der Waals surface area contributed by atoms with Gasteiger partial charge < -0.3 is 14.2 Å². The summed E-state index contributed by atoms with van der Waals surface area (Å²) in [5, 5.41) is 1.76. The summed E-state index contributed by atoms with van der Waals surface area (Å²) < 4.78 is 17.0. The summed E-state index contributed by atoms with van der Waals surface area (Å²) in [4.78, 5) is 38.1. The highest BCUT2D eigenvalue weighted by Crippen LogP contribution is 2.35. The molecule has 2 amide bonds. The minimum absolute atomic E-state index is 0.226. The standard InChI is InChI=1S/C28H27NO6S/c1-4-33-24-14-19(15-25-27(31)29(28(32)36-25)16-26(30)35-18(2)3)12-13-23(24)34-17-21-10-7-9-20-8-5-6-11-22(20)21/h5-15,18H,4,16-17H2,1-3H3/b25-15-. The monoisotopic (exact) mass is 505 g/mol. The number of esters is 1. The van der Waals surface area contributed by atoms with Crippen LogP contribution in [0.1, 0.15) is 31.9 Å². The van der Waals surface area contributed by atoms with Crippen molar-refractivity contribution in [1.29, 1.82) is 0 Å². The number of nitrogens with zero attached hydrogens (tertiary/aromatic N) is 1. The number of benzene rings is 3. The third kappa shape index (κ3) is 5.88. The van der Waals surface area contributed by atoms with E-state index in [0.717, 1.165) is 33.0 Å². The SMILES string of the molecule is CCOc1cc(/C=C2\SC(=O)N(CC(=O)OC(C)C)C2=O)ccc1OCc1cccc2ccccc12. The fourth-order valence-corrected chi connectivity index (χ4v) is 4.63. The highest BCUT2D eigenvalue weighted by molar-refractivity contribution is 8.18. The van der Waals surface area contributed by atoms with Gasteiger partial charge in [0, 0.05) is 0 Å². The van der Waals surface area contributed by atoms with Crippen LogP contribution in [0.5, 0.6) is 11.5 Å². The van der Waals surface area contributed by atoms with E-state index in [1.165, 1.54) is 0 Å². The molecule has 1 fully saturated rings. The Kier molecular flexibility index (Phi) is 7.95. The van der Waals surface area contributed by atoms with Gasteiger partial charge in [0.15, 0.2) is 11.5 Å². The molecule has 4 rings (SSSR count). The molecule has 0 radical (unpaired) electrons. The van der Waals surface area contributed by atoms with Gasteiger partial charge >= 0.3 is 5.97 Å². The van der Waals surface area contributed by atoms with Crippen LogP contribution in [0.2, 0.25) is 0 Å². The average Bonchev–Trinajstić information content (AvgIpc) is 3.10. The summed E-state index contributed by atoms with van der Waals surface area (Å²) in [6, 6.07) is 19.6. The highest BCUT2D eigenvalue weighted by Gasteiger charge is 2.36. The van der Waals surface area contributed by atoms with E-state index in [9.17, 15) is 14.4 Å². The Bertz CT molecular complexity index is 1330. The molecule has 0 saturated carbocycles. The lowest BCUT2D eigenvalue weighted by molar-refractivity contribution is -0.149. The number of imide groups is 1. The summed E-state index contributed by atoms with van der Waals surface area (Å²) in [6.07, 6.45) is 1.28. The maximum Gasteiger partial charge on any atom is 0.326 e. The van der Waals surface area contributed by atoms with E-state index >= 15 is 0 Å². The third-order valence-corrected chi connectivity index (χ3v) is 6.26. The Morgan fingerprint density at radius 3 is 2.56 bits per heavy atom. The van der Waals surface area contributed by atoms with Crippen LogP contribution in [-0.4, -0.2) is 41.3 Å². The lowest BCUT2D eigenvalue weighted by Gasteiger charge is -2.14. The largest absolute Gasteiger partial charge is 0.490 e. The normalized spacial score (nSPS) is 14.7. The van der Waals surface area contributed by atoms with Crippen molar-refractivity contribution >= 4 is 45.7 Å². The van der Waals surface area contributed by atoms with E-state index < -0.39 is 23.7 Å². The zero-order valence-electron chi connectivity index (χ0n) is 20.4.